The Morgan fingerprint density at radius 3 is 1.89 bits per heavy atom. The van der Waals surface area contributed by atoms with Gasteiger partial charge in [-0.1, -0.05) is 45.0 Å². The van der Waals surface area contributed by atoms with Gasteiger partial charge in [0.1, 0.15) is 24.7 Å². The second-order valence-electron chi connectivity index (χ2n) is 7.39. The van der Waals surface area contributed by atoms with Crippen molar-refractivity contribution < 1.29 is 19.1 Å². The predicted octanol–water partition coefficient (Wildman–Crippen LogP) is 4.77. The first kappa shape index (κ1) is 20.0. The third kappa shape index (κ3) is 5.39. The van der Waals surface area contributed by atoms with Crippen LogP contribution in [0.2, 0.25) is 0 Å². The summed E-state index contributed by atoms with van der Waals surface area (Å²) in [5.41, 5.74) is 2.22. The van der Waals surface area contributed by atoms with Gasteiger partial charge in [-0.15, -0.1) is 0 Å². The lowest BCUT2D eigenvalue weighted by Gasteiger charge is -2.19. The molecule has 0 bridgehead atoms. The molecule has 0 aromatic heterocycles. The minimum atomic E-state index is -0.358. The van der Waals surface area contributed by atoms with Crippen molar-refractivity contribution in [1.82, 2.24) is 5.32 Å². The van der Waals surface area contributed by atoms with Gasteiger partial charge >= 0.3 is 0 Å². The minimum Gasteiger partial charge on any atom is -0.490 e. The molecule has 146 valence electrons. The highest BCUT2D eigenvalue weighted by Crippen LogP contribution is 2.26. The summed E-state index contributed by atoms with van der Waals surface area (Å²) in [4.78, 5) is 23.1. The van der Waals surface area contributed by atoms with E-state index in [0.717, 1.165) is 23.1 Å². The number of imide groups is 1. The first-order valence-electron chi connectivity index (χ1n) is 9.02. The van der Waals surface area contributed by atoms with Crippen molar-refractivity contribution in [2.24, 2.45) is 0 Å². The summed E-state index contributed by atoms with van der Waals surface area (Å²) < 4.78 is 11.4. The Kier molecular flexibility index (Phi) is 6.09. The third-order valence-corrected chi connectivity index (χ3v) is 4.97. The molecule has 2 amide bonds. The maximum absolute atomic E-state index is 11.6. The van der Waals surface area contributed by atoms with Gasteiger partial charge in [0.2, 0.25) is 0 Å². The lowest BCUT2D eigenvalue weighted by Crippen LogP contribution is -2.17. The van der Waals surface area contributed by atoms with Gasteiger partial charge in [-0.05, 0) is 58.6 Å². The summed E-state index contributed by atoms with van der Waals surface area (Å²) in [5.74, 6) is 1.18. The Hall–Kier alpha value is -2.73. The van der Waals surface area contributed by atoms with Gasteiger partial charge in [0, 0.05) is 0 Å². The average molecular weight is 397 g/mol. The summed E-state index contributed by atoms with van der Waals surface area (Å²) >= 11 is 0.903. The summed E-state index contributed by atoms with van der Waals surface area (Å²) in [5, 5.41) is 1.89. The minimum absolute atomic E-state index is 0.125. The monoisotopic (exact) mass is 397 g/mol. The topological polar surface area (TPSA) is 64.6 Å². The van der Waals surface area contributed by atoms with Crippen LogP contribution in [-0.2, 0) is 10.2 Å². The molecule has 1 fully saturated rings. The number of hydrogen-bond donors (Lipinski definition) is 1. The Morgan fingerprint density at radius 1 is 0.893 bits per heavy atom. The van der Waals surface area contributed by atoms with E-state index in [-0.39, 0.29) is 16.6 Å². The standard InChI is InChI=1S/C22H23NO4S/c1-22(2,3)16-6-10-18(11-7-16)27-13-12-26-17-8-4-15(5-9-17)14-19-20(24)23-21(25)28-19/h4-11,14H,12-13H2,1-3H3,(H,23,24,25)/b19-14-. The number of nitrogens with one attached hydrogen (secondary N) is 1. The van der Waals surface area contributed by atoms with Crippen molar-refractivity contribution in [3.8, 4) is 11.5 Å². The van der Waals surface area contributed by atoms with Crippen molar-refractivity contribution >= 4 is 29.0 Å². The van der Waals surface area contributed by atoms with E-state index in [2.05, 4.69) is 38.2 Å². The highest BCUT2D eigenvalue weighted by atomic mass is 32.2. The summed E-state index contributed by atoms with van der Waals surface area (Å²) in [6.45, 7) is 7.41. The quantitative estimate of drug-likeness (QED) is 0.562. The number of benzene rings is 2. The van der Waals surface area contributed by atoms with Gasteiger partial charge in [-0.3, -0.25) is 14.9 Å². The van der Waals surface area contributed by atoms with Gasteiger partial charge in [-0.25, -0.2) is 0 Å². The van der Waals surface area contributed by atoms with Crippen LogP contribution in [0.1, 0.15) is 31.9 Å². The number of rotatable bonds is 6. The van der Waals surface area contributed by atoms with Gasteiger partial charge in [0.05, 0.1) is 4.91 Å². The van der Waals surface area contributed by atoms with Crippen LogP contribution < -0.4 is 14.8 Å². The van der Waals surface area contributed by atoms with Crippen LogP contribution in [0, 0.1) is 0 Å². The number of amides is 2. The molecule has 0 unspecified atom stereocenters. The number of hydrogen-bond acceptors (Lipinski definition) is 5. The largest absolute Gasteiger partial charge is 0.490 e. The van der Waals surface area contributed by atoms with Gasteiger partial charge < -0.3 is 9.47 Å². The second-order valence-corrected chi connectivity index (χ2v) is 8.41. The zero-order chi connectivity index (χ0) is 20.1. The first-order valence-corrected chi connectivity index (χ1v) is 9.84. The molecular weight excluding hydrogens is 374 g/mol. The van der Waals surface area contributed by atoms with Crippen molar-refractivity contribution in [3.05, 3.63) is 64.6 Å². The SMILES string of the molecule is CC(C)(C)c1ccc(OCCOc2ccc(/C=C3\SC(=O)NC3=O)cc2)cc1. The molecule has 1 heterocycles. The number of carbonyl (C=O) groups excluding carboxylic acids is 2. The Bertz CT molecular complexity index is 880. The van der Waals surface area contributed by atoms with E-state index in [1.165, 1.54) is 5.56 Å². The van der Waals surface area contributed by atoms with Crippen LogP contribution >= 0.6 is 11.8 Å². The Labute approximate surface area is 169 Å². The Balaban J connectivity index is 1.46. The fourth-order valence-electron chi connectivity index (χ4n) is 2.60. The van der Waals surface area contributed by atoms with Gasteiger partial charge in [-0.2, -0.15) is 0 Å². The van der Waals surface area contributed by atoms with E-state index in [1.807, 2.05) is 36.4 Å². The average Bonchev–Trinajstić information content (AvgIpc) is 2.97. The summed E-state index contributed by atoms with van der Waals surface area (Å²) in [7, 11) is 0. The molecule has 0 spiro atoms. The fraction of sp³-hybridized carbons (Fsp3) is 0.273. The lowest BCUT2D eigenvalue weighted by atomic mass is 9.87. The van der Waals surface area contributed by atoms with Crippen molar-refractivity contribution in [1.29, 1.82) is 0 Å². The highest BCUT2D eigenvalue weighted by molar-refractivity contribution is 8.18. The highest BCUT2D eigenvalue weighted by Gasteiger charge is 2.24. The van der Waals surface area contributed by atoms with Crippen LogP contribution in [0.4, 0.5) is 4.79 Å². The van der Waals surface area contributed by atoms with Crippen LogP contribution in [0.15, 0.2) is 53.4 Å². The molecular formula is C22H23NO4S. The zero-order valence-corrected chi connectivity index (χ0v) is 17.0. The molecule has 2 aromatic rings. The van der Waals surface area contributed by atoms with E-state index in [9.17, 15) is 9.59 Å². The van der Waals surface area contributed by atoms with Crippen molar-refractivity contribution in [2.75, 3.05) is 13.2 Å². The first-order chi connectivity index (χ1) is 13.3. The third-order valence-electron chi connectivity index (χ3n) is 4.16. The summed E-state index contributed by atoms with van der Waals surface area (Å²) in [6, 6.07) is 15.4. The maximum atomic E-state index is 11.6. The van der Waals surface area contributed by atoms with Gasteiger partial charge in [0.15, 0.2) is 0 Å². The van der Waals surface area contributed by atoms with E-state index >= 15 is 0 Å². The molecule has 0 saturated carbocycles. The molecule has 0 atom stereocenters. The molecule has 1 saturated heterocycles. The lowest BCUT2D eigenvalue weighted by molar-refractivity contribution is -0.115. The van der Waals surface area contributed by atoms with E-state index < -0.39 is 0 Å². The molecule has 1 aliphatic rings. The molecule has 2 aromatic carbocycles. The molecule has 6 heteroatoms. The van der Waals surface area contributed by atoms with Crippen molar-refractivity contribution in [3.63, 3.8) is 0 Å². The van der Waals surface area contributed by atoms with Crippen LogP contribution in [0.25, 0.3) is 6.08 Å². The van der Waals surface area contributed by atoms with Crippen molar-refractivity contribution in [2.45, 2.75) is 26.2 Å². The van der Waals surface area contributed by atoms with E-state index in [0.29, 0.717) is 23.9 Å². The molecule has 0 aliphatic carbocycles. The molecule has 0 radical (unpaired) electrons. The molecule has 28 heavy (non-hydrogen) atoms. The zero-order valence-electron chi connectivity index (χ0n) is 16.2. The second kappa shape index (κ2) is 8.52. The number of thioether (sulfide) groups is 1. The molecule has 1 aliphatic heterocycles. The molecule has 5 nitrogen and oxygen atoms in total. The van der Waals surface area contributed by atoms with Crippen LogP contribution in [0.3, 0.4) is 0 Å². The normalized spacial score (nSPS) is 15.6. The number of carbonyl (C=O) groups is 2. The summed E-state index contributed by atoms with van der Waals surface area (Å²) in [6.07, 6.45) is 1.68. The maximum Gasteiger partial charge on any atom is 0.290 e. The smallest absolute Gasteiger partial charge is 0.290 e. The molecule has 3 rings (SSSR count). The predicted molar refractivity (Wildman–Crippen MR) is 112 cm³/mol. The van der Waals surface area contributed by atoms with Crippen LogP contribution in [-0.4, -0.2) is 24.4 Å². The van der Waals surface area contributed by atoms with Crippen LogP contribution in [0.5, 0.6) is 11.5 Å². The van der Waals surface area contributed by atoms with E-state index in [4.69, 9.17) is 9.47 Å². The van der Waals surface area contributed by atoms with E-state index in [1.54, 1.807) is 6.08 Å². The molecule has 1 N–H and O–H groups in total. The fourth-order valence-corrected chi connectivity index (χ4v) is 3.29. The Morgan fingerprint density at radius 2 is 1.43 bits per heavy atom. The number of ether oxygens (including phenoxy) is 2. The van der Waals surface area contributed by atoms with Gasteiger partial charge in [0.25, 0.3) is 11.1 Å².